The fourth-order valence-electron chi connectivity index (χ4n) is 2.99. The normalized spacial score (nSPS) is 17.5. The van der Waals surface area contributed by atoms with Crippen LogP contribution in [0.2, 0.25) is 0 Å². The number of nitrogens with zero attached hydrogens (tertiary/aromatic N) is 2. The summed E-state index contributed by atoms with van der Waals surface area (Å²) < 4.78 is 16.2. The molecule has 1 fully saturated rings. The lowest BCUT2D eigenvalue weighted by Gasteiger charge is -2.21. The van der Waals surface area contributed by atoms with E-state index in [0.29, 0.717) is 42.4 Å². The van der Waals surface area contributed by atoms with Crippen LogP contribution < -0.4 is 25.3 Å². The second-order valence-corrected chi connectivity index (χ2v) is 5.97. The van der Waals surface area contributed by atoms with Crippen molar-refractivity contribution in [1.29, 1.82) is 0 Å². The van der Waals surface area contributed by atoms with Crippen molar-refractivity contribution in [3.05, 3.63) is 18.2 Å². The van der Waals surface area contributed by atoms with Crippen molar-refractivity contribution < 1.29 is 14.2 Å². The average molecular weight is 478 g/mol. The number of hydrogen-bond donors (Lipinski definition) is 2. The van der Waals surface area contributed by atoms with Crippen LogP contribution in [0.3, 0.4) is 0 Å². The zero-order chi connectivity index (χ0) is 18.1. The van der Waals surface area contributed by atoms with E-state index in [4.69, 9.17) is 19.9 Å². The van der Waals surface area contributed by atoms with E-state index >= 15 is 0 Å². The van der Waals surface area contributed by atoms with Crippen molar-refractivity contribution >= 4 is 29.9 Å². The second-order valence-electron chi connectivity index (χ2n) is 5.97. The first kappa shape index (κ1) is 22.6. The molecule has 1 aromatic rings. The smallest absolute Gasteiger partial charge is 0.188 e. The Morgan fingerprint density at radius 2 is 1.88 bits per heavy atom. The van der Waals surface area contributed by atoms with Crippen molar-refractivity contribution in [2.75, 3.05) is 47.0 Å². The van der Waals surface area contributed by atoms with Crippen LogP contribution in [0.1, 0.15) is 19.8 Å². The number of halogens is 1. The van der Waals surface area contributed by atoms with E-state index in [0.717, 1.165) is 13.1 Å². The van der Waals surface area contributed by atoms with Gasteiger partial charge in [-0.2, -0.15) is 0 Å². The van der Waals surface area contributed by atoms with Crippen LogP contribution in [-0.4, -0.2) is 63.9 Å². The summed E-state index contributed by atoms with van der Waals surface area (Å²) in [5, 5.41) is 3.09. The van der Waals surface area contributed by atoms with Gasteiger partial charge in [-0.3, -0.25) is 9.89 Å². The molecule has 0 spiro atoms. The number of nitrogens with one attached hydrogen (secondary N) is 1. The van der Waals surface area contributed by atoms with Gasteiger partial charge in [0.1, 0.15) is 23.9 Å². The van der Waals surface area contributed by atoms with Gasteiger partial charge < -0.3 is 25.3 Å². The highest BCUT2D eigenvalue weighted by Crippen LogP contribution is 2.27. The Kier molecular flexibility index (Phi) is 10.5. The molecule has 2 rings (SSSR count). The third-order valence-electron chi connectivity index (χ3n) is 4.38. The molecule has 1 atom stereocenters. The fraction of sp³-hybridized carbons (Fsp3) is 0.611. The number of likely N-dealkylation sites (N-methyl/N-ethyl adjacent to an activating group) is 1. The van der Waals surface area contributed by atoms with Gasteiger partial charge in [-0.1, -0.05) is 6.92 Å². The Morgan fingerprint density at radius 3 is 2.50 bits per heavy atom. The first-order valence-electron chi connectivity index (χ1n) is 8.80. The number of nitrogens with two attached hydrogens (primary N) is 1. The monoisotopic (exact) mass is 478 g/mol. The lowest BCUT2D eigenvalue weighted by Crippen LogP contribution is -2.37. The van der Waals surface area contributed by atoms with Crippen molar-refractivity contribution in [3.8, 4) is 17.2 Å². The summed E-state index contributed by atoms with van der Waals surface area (Å²) in [7, 11) is 3.22. The second kappa shape index (κ2) is 12.1. The summed E-state index contributed by atoms with van der Waals surface area (Å²) in [6.07, 6.45) is 2.45. The Morgan fingerprint density at radius 1 is 1.23 bits per heavy atom. The van der Waals surface area contributed by atoms with Crippen molar-refractivity contribution in [3.63, 3.8) is 0 Å². The molecule has 1 heterocycles. The zero-order valence-electron chi connectivity index (χ0n) is 15.9. The van der Waals surface area contributed by atoms with Gasteiger partial charge in [-0.15, -0.1) is 24.0 Å². The van der Waals surface area contributed by atoms with Gasteiger partial charge in [0.2, 0.25) is 0 Å². The van der Waals surface area contributed by atoms with Crippen LogP contribution in [0.4, 0.5) is 0 Å². The number of likely N-dealkylation sites (tertiary alicyclic amines) is 1. The van der Waals surface area contributed by atoms with Crippen molar-refractivity contribution in [2.45, 2.75) is 25.8 Å². The van der Waals surface area contributed by atoms with E-state index in [1.165, 1.54) is 19.4 Å². The maximum atomic E-state index is 5.93. The minimum absolute atomic E-state index is 0. The van der Waals surface area contributed by atoms with Crippen LogP contribution in [-0.2, 0) is 0 Å². The number of aliphatic imine (C=N–C) groups is 1. The molecule has 0 aromatic heterocycles. The lowest BCUT2D eigenvalue weighted by molar-refractivity contribution is 0.273. The summed E-state index contributed by atoms with van der Waals surface area (Å²) in [4.78, 5) is 6.90. The molecule has 0 bridgehead atoms. The highest BCUT2D eigenvalue weighted by Gasteiger charge is 2.22. The van der Waals surface area contributed by atoms with Gasteiger partial charge in [-0.05, 0) is 25.9 Å². The predicted octanol–water partition coefficient (Wildman–Crippen LogP) is 2.09. The molecule has 3 N–H and O–H groups in total. The van der Waals surface area contributed by atoms with E-state index in [2.05, 4.69) is 22.1 Å². The Labute approximate surface area is 173 Å². The van der Waals surface area contributed by atoms with Crippen LogP contribution in [0.5, 0.6) is 17.2 Å². The highest BCUT2D eigenvalue weighted by molar-refractivity contribution is 14.0. The van der Waals surface area contributed by atoms with E-state index in [-0.39, 0.29) is 24.0 Å². The minimum Gasteiger partial charge on any atom is -0.496 e. The van der Waals surface area contributed by atoms with Gasteiger partial charge in [0.15, 0.2) is 5.96 Å². The Balaban J connectivity index is 0.00000338. The Bertz CT molecular complexity index is 549. The summed E-state index contributed by atoms with van der Waals surface area (Å²) in [5.74, 6) is 2.55. The molecule has 148 valence electrons. The van der Waals surface area contributed by atoms with Crippen molar-refractivity contribution in [2.24, 2.45) is 10.7 Å². The van der Waals surface area contributed by atoms with Gasteiger partial charge >= 0.3 is 0 Å². The van der Waals surface area contributed by atoms with E-state index in [1.807, 2.05) is 12.1 Å². The molecule has 0 saturated carbocycles. The van der Waals surface area contributed by atoms with E-state index in [9.17, 15) is 0 Å². The fourth-order valence-corrected chi connectivity index (χ4v) is 2.99. The molecule has 0 radical (unpaired) electrons. The van der Waals surface area contributed by atoms with Crippen LogP contribution >= 0.6 is 24.0 Å². The molecule has 26 heavy (non-hydrogen) atoms. The molecule has 1 aliphatic rings. The summed E-state index contributed by atoms with van der Waals surface area (Å²) in [5.41, 5.74) is 5.93. The maximum absolute atomic E-state index is 5.93. The number of guanidine groups is 1. The minimum atomic E-state index is 0. The number of hydrogen-bond acceptors (Lipinski definition) is 5. The molecular formula is C18H31IN4O3. The predicted molar refractivity (Wildman–Crippen MR) is 115 cm³/mol. The van der Waals surface area contributed by atoms with Crippen molar-refractivity contribution in [1.82, 2.24) is 10.2 Å². The van der Waals surface area contributed by atoms with E-state index < -0.39 is 0 Å². The Hall–Kier alpha value is -1.42. The first-order chi connectivity index (χ1) is 12.2. The highest BCUT2D eigenvalue weighted by atomic mass is 127. The third kappa shape index (κ3) is 7.06. The molecule has 1 saturated heterocycles. The topological polar surface area (TPSA) is 81.3 Å². The summed E-state index contributed by atoms with van der Waals surface area (Å²) in [6, 6.07) is 5.96. The molecule has 1 aromatic carbocycles. The molecule has 1 unspecified atom stereocenters. The lowest BCUT2D eigenvalue weighted by atomic mass is 10.2. The summed E-state index contributed by atoms with van der Waals surface area (Å²) in [6.45, 7) is 6.23. The molecule has 8 heteroatoms. The number of benzene rings is 1. The average Bonchev–Trinajstić information content (AvgIpc) is 3.10. The SMILES string of the molecule is CCN1CCCC1CN=C(N)NCCOc1cc(OC)cc(OC)c1.I. The zero-order valence-corrected chi connectivity index (χ0v) is 18.2. The quantitative estimate of drug-likeness (QED) is 0.245. The van der Waals surface area contributed by atoms with Crippen LogP contribution in [0.25, 0.3) is 0 Å². The third-order valence-corrected chi connectivity index (χ3v) is 4.38. The van der Waals surface area contributed by atoms with Crippen LogP contribution in [0, 0.1) is 0 Å². The summed E-state index contributed by atoms with van der Waals surface area (Å²) >= 11 is 0. The largest absolute Gasteiger partial charge is 0.496 e. The van der Waals surface area contributed by atoms with Crippen LogP contribution in [0.15, 0.2) is 23.2 Å². The first-order valence-corrected chi connectivity index (χ1v) is 8.80. The van der Waals surface area contributed by atoms with Gasteiger partial charge in [-0.25, -0.2) is 0 Å². The van der Waals surface area contributed by atoms with Gasteiger partial charge in [0.05, 0.1) is 27.3 Å². The molecule has 7 nitrogen and oxygen atoms in total. The van der Waals surface area contributed by atoms with Gasteiger partial charge in [0, 0.05) is 24.2 Å². The van der Waals surface area contributed by atoms with Gasteiger partial charge in [0.25, 0.3) is 0 Å². The molecule has 0 amide bonds. The molecule has 0 aliphatic carbocycles. The van der Waals surface area contributed by atoms with E-state index in [1.54, 1.807) is 20.3 Å². The maximum Gasteiger partial charge on any atom is 0.188 e. The molecular weight excluding hydrogens is 447 g/mol. The number of ether oxygens (including phenoxy) is 3. The standard InChI is InChI=1S/C18H30N4O3.HI/c1-4-22-8-5-6-14(22)13-21-18(19)20-7-9-25-17-11-15(23-2)10-16(12-17)24-3;/h10-12,14H,4-9,13H2,1-3H3,(H3,19,20,21);1H. The molecule has 1 aliphatic heterocycles. The number of methoxy groups -OCH3 is 2. The number of rotatable bonds is 9.